The lowest BCUT2D eigenvalue weighted by Gasteiger charge is -2.10. The summed E-state index contributed by atoms with van der Waals surface area (Å²) in [6.45, 7) is 0. The highest BCUT2D eigenvalue weighted by Gasteiger charge is 2.32. The number of pyridine rings is 1. The fourth-order valence-corrected chi connectivity index (χ4v) is 2.78. The summed E-state index contributed by atoms with van der Waals surface area (Å²) in [6.07, 6.45) is -4.42. The molecule has 1 aromatic rings. The lowest BCUT2D eigenvalue weighted by molar-refractivity contribution is -0.276. The van der Waals surface area contributed by atoms with Gasteiger partial charge in [0.15, 0.2) is 6.29 Å². The van der Waals surface area contributed by atoms with Crippen molar-refractivity contribution in [3.05, 3.63) is 20.9 Å². The smallest absolute Gasteiger partial charge is 0.388 e. The zero-order chi connectivity index (χ0) is 12.3. The first-order valence-electron chi connectivity index (χ1n) is 3.83. The Morgan fingerprint density at radius 2 is 2.19 bits per heavy atom. The van der Waals surface area contributed by atoms with Crippen molar-refractivity contribution in [2.45, 2.75) is 11.7 Å². The second-order valence-corrected chi connectivity index (χ2v) is 4.33. The molecular weight excluding hydrogens is 406 g/mol. The topological polar surface area (TPSA) is 39.2 Å². The summed E-state index contributed by atoms with van der Waals surface area (Å²) in [5.41, 5.74) is 0.466. The predicted octanol–water partition coefficient (Wildman–Crippen LogP) is 3.29. The number of carbonyl (C=O) groups is 1. The molecule has 0 saturated carbocycles. The molecule has 0 aromatic carbocycles. The van der Waals surface area contributed by atoms with Crippen molar-refractivity contribution in [3.63, 3.8) is 0 Å². The number of aldehydes is 1. The molecule has 0 saturated heterocycles. The monoisotopic (exact) mass is 409 g/mol. The van der Waals surface area contributed by atoms with Crippen LogP contribution < -0.4 is 4.74 Å². The molecule has 16 heavy (non-hydrogen) atoms. The molecule has 88 valence electrons. The van der Waals surface area contributed by atoms with Crippen LogP contribution in [-0.2, 0) is 5.33 Å². The van der Waals surface area contributed by atoms with Gasteiger partial charge in [0, 0.05) is 20.5 Å². The SMILES string of the molecule is O=Cc1nc(OC(F)(F)F)cc(I)c1CBr. The molecule has 0 aliphatic rings. The van der Waals surface area contributed by atoms with Gasteiger partial charge in [-0.3, -0.25) is 4.79 Å². The molecular formula is C8H4BrF3INO2. The van der Waals surface area contributed by atoms with Crippen LogP contribution in [0, 0.1) is 3.57 Å². The summed E-state index contributed by atoms with van der Waals surface area (Å²) in [5, 5.41) is 0.332. The maximum Gasteiger partial charge on any atom is 0.574 e. The molecule has 0 aliphatic heterocycles. The van der Waals surface area contributed by atoms with E-state index in [1.165, 1.54) is 0 Å². The van der Waals surface area contributed by atoms with Gasteiger partial charge < -0.3 is 4.74 Å². The van der Waals surface area contributed by atoms with Crippen molar-refractivity contribution in [3.8, 4) is 5.88 Å². The van der Waals surface area contributed by atoms with Crippen molar-refractivity contribution in [1.29, 1.82) is 0 Å². The minimum Gasteiger partial charge on any atom is -0.388 e. The number of hydrogen-bond acceptors (Lipinski definition) is 3. The molecule has 0 bridgehead atoms. The minimum atomic E-state index is -4.81. The molecule has 0 amide bonds. The average Bonchev–Trinajstić information content (AvgIpc) is 2.14. The molecule has 0 fully saturated rings. The van der Waals surface area contributed by atoms with Crippen molar-refractivity contribution in [2.24, 2.45) is 0 Å². The number of ether oxygens (including phenoxy) is 1. The van der Waals surface area contributed by atoms with E-state index in [4.69, 9.17) is 0 Å². The molecule has 0 N–H and O–H groups in total. The number of rotatable bonds is 3. The van der Waals surface area contributed by atoms with E-state index in [1.54, 1.807) is 0 Å². The first-order chi connectivity index (χ1) is 7.37. The highest BCUT2D eigenvalue weighted by atomic mass is 127. The van der Waals surface area contributed by atoms with Gasteiger partial charge >= 0.3 is 6.36 Å². The zero-order valence-electron chi connectivity index (χ0n) is 7.52. The Labute approximate surface area is 111 Å². The van der Waals surface area contributed by atoms with Crippen molar-refractivity contribution < 1.29 is 22.7 Å². The van der Waals surface area contributed by atoms with E-state index in [0.29, 0.717) is 20.7 Å². The van der Waals surface area contributed by atoms with Gasteiger partial charge in [0.1, 0.15) is 5.69 Å². The summed E-state index contributed by atoms with van der Waals surface area (Å²) in [7, 11) is 0. The Hall–Kier alpha value is -0.380. The van der Waals surface area contributed by atoms with Gasteiger partial charge in [-0.2, -0.15) is 0 Å². The Morgan fingerprint density at radius 3 is 2.62 bits per heavy atom. The van der Waals surface area contributed by atoms with Gasteiger partial charge in [-0.05, 0) is 22.6 Å². The van der Waals surface area contributed by atoms with Crippen molar-refractivity contribution in [1.82, 2.24) is 4.98 Å². The fraction of sp³-hybridized carbons (Fsp3) is 0.250. The maximum absolute atomic E-state index is 11.9. The standard InChI is InChI=1S/C8H4BrF3INO2/c9-2-4-5(13)1-7(14-6(4)3-15)16-8(10,11)12/h1,3H,2H2. The first-order valence-corrected chi connectivity index (χ1v) is 6.03. The molecule has 1 heterocycles. The van der Waals surface area contributed by atoms with Crippen LogP contribution in [0.5, 0.6) is 5.88 Å². The second-order valence-electron chi connectivity index (χ2n) is 2.61. The summed E-state index contributed by atoms with van der Waals surface area (Å²) < 4.78 is 39.9. The number of carbonyl (C=O) groups excluding carboxylic acids is 1. The van der Waals surface area contributed by atoms with Gasteiger partial charge in [-0.1, -0.05) is 15.9 Å². The van der Waals surface area contributed by atoms with E-state index in [-0.39, 0.29) is 5.69 Å². The lowest BCUT2D eigenvalue weighted by atomic mass is 10.2. The largest absolute Gasteiger partial charge is 0.574 e. The Bertz CT molecular complexity index is 411. The van der Waals surface area contributed by atoms with Gasteiger partial charge in [0.2, 0.25) is 5.88 Å². The molecule has 3 nitrogen and oxygen atoms in total. The van der Waals surface area contributed by atoms with E-state index < -0.39 is 12.2 Å². The van der Waals surface area contributed by atoms with Gasteiger partial charge in [0.05, 0.1) is 0 Å². The summed E-state index contributed by atoms with van der Waals surface area (Å²) in [4.78, 5) is 14.1. The maximum atomic E-state index is 11.9. The quantitative estimate of drug-likeness (QED) is 0.437. The third kappa shape index (κ3) is 3.58. The first kappa shape index (κ1) is 13.7. The molecule has 0 aliphatic carbocycles. The third-order valence-electron chi connectivity index (χ3n) is 1.54. The third-order valence-corrected chi connectivity index (χ3v) is 3.07. The van der Waals surface area contributed by atoms with Gasteiger partial charge in [-0.25, -0.2) is 4.98 Å². The van der Waals surface area contributed by atoms with E-state index in [2.05, 4.69) is 25.7 Å². The zero-order valence-corrected chi connectivity index (χ0v) is 11.3. The number of aromatic nitrogens is 1. The Balaban J connectivity index is 3.15. The van der Waals surface area contributed by atoms with E-state index >= 15 is 0 Å². The predicted molar refractivity (Wildman–Crippen MR) is 61.7 cm³/mol. The van der Waals surface area contributed by atoms with Crippen LogP contribution in [0.3, 0.4) is 0 Å². The van der Waals surface area contributed by atoms with E-state index in [1.807, 2.05) is 22.6 Å². The van der Waals surface area contributed by atoms with Crippen LogP contribution in [0.25, 0.3) is 0 Å². The van der Waals surface area contributed by atoms with Crippen LogP contribution in [-0.4, -0.2) is 17.6 Å². The molecule has 1 aromatic heterocycles. The van der Waals surface area contributed by atoms with Crippen LogP contribution in [0.2, 0.25) is 0 Å². The van der Waals surface area contributed by atoms with Crippen LogP contribution in [0.15, 0.2) is 6.07 Å². The van der Waals surface area contributed by atoms with Crippen LogP contribution >= 0.6 is 38.5 Å². The van der Waals surface area contributed by atoms with Gasteiger partial charge in [-0.15, -0.1) is 13.2 Å². The van der Waals surface area contributed by atoms with E-state index in [9.17, 15) is 18.0 Å². The van der Waals surface area contributed by atoms with Gasteiger partial charge in [0.25, 0.3) is 0 Å². The normalized spacial score (nSPS) is 11.3. The molecule has 1 rings (SSSR count). The number of hydrogen-bond donors (Lipinski definition) is 0. The fourth-order valence-electron chi connectivity index (χ4n) is 0.937. The number of halogens is 5. The summed E-state index contributed by atoms with van der Waals surface area (Å²) in [6, 6.07) is 1.12. The summed E-state index contributed by atoms with van der Waals surface area (Å²) >= 11 is 4.93. The van der Waals surface area contributed by atoms with Crippen LogP contribution in [0.1, 0.15) is 16.1 Å². The molecule has 0 unspecified atom stereocenters. The Kier molecular flexibility index (Phi) is 4.53. The lowest BCUT2D eigenvalue weighted by Crippen LogP contribution is -2.18. The molecule has 0 radical (unpaired) electrons. The number of nitrogens with zero attached hydrogens (tertiary/aromatic N) is 1. The minimum absolute atomic E-state index is 0.0666. The van der Waals surface area contributed by atoms with Crippen LogP contribution in [0.4, 0.5) is 13.2 Å². The highest BCUT2D eigenvalue weighted by molar-refractivity contribution is 14.1. The molecule has 0 atom stereocenters. The second kappa shape index (κ2) is 5.30. The molecule has 8 heteroatoms. The highest BCUT2D eigenvalue weighted by Crippen LogP contribution is 2.26. The average molecular weight is 410 g/mol. The Morgan fingerprint density at radius 1 is 1.56 bits per heavy atom. The summed E-state index contributed by atoms with van der Waals surface area (Å²) in [5.74, 6) is -0.635. The van der Waals surface area contributed by atoms with Crippen molar-refractivity contribution >= 4 is 44.8 Å². The number of alkyl halides is 4. The molecule has 0 spiro atoms. The van der Waals surface area contributed by atoms with Crippen molar-refractivity contribution in [2.75, 3.05) is 0 Å². The van der Waals surface area contributed by atoms with E-state index in [0.717, 1.165) is 6.07 Å².